The van der Waals surface area contributed by atoms with Crippen LogP contribution in [0.25, 0.3) is 10.9 Å². The number of anilines is 2. The zero-order valence-electron chi connectivity index (χ0n) is 16.9. The van der Waals surface area contributed by atoms with Crippen LogP contribution in [-0.4, -0.2) is 23.3 Å². The Kier molecular flexibility index (Phi) is 4.58. The van der Waals surface area contributed by atoms with Gasteiger partial charge in [0, 0.05) is 34.5 Å². The Balaban J connectivity index is 1.33. The number of nitrogens with one attached hydrogen (secondary N) is 2. The summed E-state index contributed by atoms with van der Waals surface area (Å²) in [5, 5.41) is 3.64. The molecular weight excluding hydrogens is 397 g/mol. The van der Waals surface area contributed by atoms with Gasteiger partial charge in [-0.05, 0) is 66.9 Å². The molecule has 0 saturated carbocycles. The van der Waals surface area contributed by atoms with Gasteiger partial charge in [0.1, 0.15) is 12.1 Å². The lowest BCUT2D eigenvalue weighted by molar-refractivity contribution is -0.115. The van der Waals surface area contributed by atoms with E-state index in [9.17, 15) is 14.0 Å². The minimum absolute atomic E-state index is 0.105. The van der Waals surface area contributed by atoms with Crippen molar-refractivity contribution in [3.05, 3.63) is 83.2 Å². The number of benzene rings is 2. The molecule has 0 bridgehead atoms. The second-order valence-electron chi connectivity index (χ2n) is 7.71. The van der Waals surface area contributed by atoms with Crippen LogP contribution >= 0.6 is 0 Å². The Labute approximate surface area is 177 Å². The van der Waals surface area contributed by atoms with E-state index in [4.69, 9.17) is 4.42 Å². The Morgan fingerprint density at radius 1 is 1.19 bits per heavy atom. The summed E-state index contributed by atoms with van der Waals surface area (Å²) in [6.07, 6.45) is 3.76. The number of rotatable bonds is 4. The van der Waals surface area contributed by atoms with Crippen molar-refractivity contribution >= 4 is 34.1 Å². The van der Waals surface area contributed by atoms with Gasteiger partial charge in [0.05, 0.1) is 18.2 Å². The number of aromatic amines is 1. The van der Waals surface area contributed by atoms with Gasteiger partial charge in [0.2, 0.25) is 5.91 Å². The average molecular weight is 417 g/mol. The van der Waals surface area contributed by atoms with Gasteiger partial charge < -0.3 is 19.6 Å². The molecular formula is C24H20FN3O3. The molecule has 2 aromatic carbocycles. The van der Waals surface area contributed by atoms with E-state index in [1.165, 1.54) is 24.7 Å². The number of aryl methyl sites for hydroxylation is 1. The van der Waals surface area contributed by atoms with E-state index in [0.29, 0.717) is 24.2 Å². The summed E-state index contributed by atoms with van der Waals surface area (Å²) in [5.74, 6) is -0.620. The third kappa shape index (κ3) is 3.48. The second kappa shape index (κ2) is 7.43. The van der Waals surface area contributed by atoms with Crippen molar-refractivity contribution in [3.63, 3.8) is 0 Å². The minimum Gasteiger partial charge on any atom is -0.472 e. The first-order chi connectivity index (χ1) is 15.0. The predicted molar refractivity (Wildman–Crippen MR) is 116 cm³/mol. The highest BCUT2D eigenvalue weighted by Gasteiger charge is 2.26. The third-order valence-electron chi connectivity index (χ3n) is 5.69. The number of carbonyl (C=O) groups excluding carboxylic acids is 2. The molecule has 156 valence electrons. The monoisotopic (exact) mass is 417 g/mol. The molecule has 2 amide bonds. The molecule has 0 atom stereocenters. The summed E-state index contributed by atoms with van der Waals surface area (Å²) in [7, 11) is 0. The Morgan fingerprint density at radius 3 is 2.87 bits per heavy atom. The summed E-state index contributed by atoms with van der Waals surface area (Å²) in [6.45, 7) is 2.46. The van der Waals surface area contributed by atoms with Crippen LogP contribution in [0.2, 0.25) is 0 Å². The molecule has 0 unspecified atom stereocenters. The van der Waals surface area contributed by atoms with E-state index in [1.54, 1.807) is 23.1 Å². The predicted octanol–water partition coefficient (Wildman–Crippen LogP) is 4.59. The zero-order chi connectivity index (χ0) is 21.5. The highest BCUT2D eigenvalue weighted by molar-refractivity contribution is 6.07. The van der Waals surface area contributed by atoms with Crippen LogP contribution in [0.5, 0.6) is 0 Å². The van der Waals surface area contributed by atoms with Gasteiger partial charge in [-0.2, -0.15) is 0 Å². The van der Waals surface area contributed by atoms with Gasteiger partial charge in [-0.25, -0.2) is 4.39 Å². The van der Waals surface area contributed by atoms with Crippen molar-refractivity contribution in [1.82, 2.24) is 4.98 Å². The fourth-order valence-electron chi connectivity index (χ4n) is 4.18. The Hall–Kier alpha value is -3.87. The lowest BCUT2D eigenvalue weighted by Gasteiger charge is -2.16. The molecule has 7 heteroatoms. The smallest absolute Gasteiger partial charge is 0.261 e. The molecule has 1 aliphatic rings. The Morgan fingerprint density at radius 2 is 2.06 bits per heavy atom. The lowest BCUT2D eigenvalue weighted by Crippen LogP contribution is -2.28. The summed E-state index contributed by atoms with van der Waals surface area (Å²) in [4.78, 5) is 30.2. The summed E-state index contributed by atoms with van der Waals surface area (Å²) in [6, 6.07) is 11.7. The highest BCUT2D eigenvalue weighted by atomic mass is 19.1. The van der Waals surface area contributed by atoms with E-state index >= 15 is 0 Å². The molecule has 5 rings (SSSR count). The summed E-state index contributed by atoms with van der Waals surface area (Å²) >= 11 is 0. The molecule has 0 aliphatic carbocycles. The Bertz CT molecular complexity index is 1310. The number of H-pyrrole nitrogens is 1. The number of hydrogen-bond donors (Lipinski definition) is 2. The largest absolute Gasteiger partial charge is 0.472 e. The standard InChI is InChI=1S/C24H20FN3O3/c1-14-19(20-11-17(25)2-4-21(20)26-14)12-23(29)27-18-3-5-22-15(10-18)6-8-28(22)24(30)16-7-9-31-13-16/h2-5,7,9-11,13,26H,6,8,12H2,1H3,(H,27,29). The topological polar surface area (TPSA) is 78.3 Å². The van der Waals surface area contributed by atoms with Gasteiger partial charge in [-0.3, -0.25) is 9.59 Å². The molecule has 2 aromatic heterocycles. The van der Waals surface area contributed by atoms with Crippen LogP contribution in [0.4, 0.5) is 15.8 Å². The first kappa shape index (κ1) is 19.1. The molecule has 4 aromatic rings. The van der Waals surface area contributed by atoms with Gasteiger partial charge in [-0.15, -0.1) is 0 Å². The molecule has 3 heterocycles. The molecule has 1 aliphatic heterocycles. The van der Waals surface area contributed by atoms with Gasteiger partial charge in [0.25, 0.3) is 5.91 Å². The molecule has 0 fully saturated rings. The lowest BCUT2D eigenvalue weighted by atomic mass is 10.1. The first-order valence-corrected chi connectivity index (χ1v) is 10.0. The van der Waals surface area contributed by atoms with Crippen molar-refractivity contribution < 1.29 is 18.4 Å². The van der Waals surface area contributed by atoms with Crippen molar-refractivity contribution in [2.24, 2.45) is 0 Å². The molecule has 0 spiro atoms. The number of amides is 2. The molecule has 6 nitrogen and oxygen atoms in total. The fraction of sp³-hybridized carbons (Fsp3) is 0.167. The van der Waals surface area contributed by atoms with Gasteiger partial charge >= 0.3 is 0 Å². The first-order valence-electron chi connectivity index (χ1n) is 10.0. The van der Waals surface area contributed by atoms with Crippen LogP contribution < -0.4 is 10.2 Å². The number of furan rings is 1. The third-order valence-corrected chi connectivity index (χ3v) is 5.69. The second-order valence-corrected chi connectivity index (χ2v) is 7.71. The van der Waals surface area contributed by atoms with E-state index in [1.807, 2.05) is 19.1 Å². The number of hydrogen-bond acceptors (Lipinski definition) is 3. The average Bonchev–Trinajstić information content (AvgIpc) is 3.48. The van der Waals surface area contributed by atoms with Crippen LogP contribution in [0.15, 0.2) is 59.4 Å². The molecule has 0 radical (unpaired) electrons. The summed E-state index contributed by atoms with van der Waals surface area (Å²) < 4.78 is 18.7. The van der Waals surface area contributed by atoms with Crippen molar-refractivity contribution in [3.8, 4) is 0 Å². The number of carbonyl (C=O) groups is 2. The van der Waals surface area contributed by atoms with E-state index in [-0.39, 0.29) is 24.1 Å². The van der Waals surface area contributed by atoms with Crippen LogP contribution in [0.3, 0.4) is 0 Å². The number of fused-ring (bicyclic) bond motifs is 2. The van der Waals surface area contributed by atoms with Crippen LogP contribution in [0, 0.1) is 12.7 Å². The van der Waals surface area contributed by atoms with Crippen molar-refractivity contribution in [2.75, 3.05) is 16.8 Å². The molecule has 2 N–H and O–H groups in total. The maximum Gasteiger partial charge on any atom is 0.261 e. The zero-order valence-corrected chi connectivity index (χ0v) is 16.9. The SMILES string of the molecule is Cc1[nH]c2ccc(F)cc2c1CC(=O)Nc1ccc2c(c1)CCN2C(=O)c1ccoc1. The van der Waals surface area contributed by atoms with E-state index in [0.717, 1.165) is 33.4 Å². The maximum atomic E-state index is 13.7. The summed E-state index contributed by atoms with van der Waals surface area (Å²) in [5.41, 5.74) is 5.46. The number of halogens is 1. The van der Waals surface area contributed by atoms with E-state index < -0.39 is 0 Å². The normalized spacial score (nSPS) is 12.9. The van der Waals surface area contributed by atoms with Gasteiger partial charge in [-0.1, -0.05) is 0 Å². The van der Waals surface area contributed by atoms with Crippen molar-refractivity contribution in [2.45, 2.75) is 19.8 Å². The maximum absolute atomic E-state index is 13.7. The van der Waals surface area contributed by atoms with Crippen LogP contribution in [0.1, 0.15) is 27.2 Å². The number of aromatic nitrogens is 1. The molecule has 0 saturated heterocycles. The van der Waals surface area contributed by atoms with Gasteiger partial charge in [0.15, 0.2) is 0 Å². The van der Waals surface area contributed by atoms with Crippen molar-refractivity contribution in [1.29, 1.82) is 0 Å². The highest BCUT2D eigenvalue weighted by Crippen LogP contribution is 2.32. The fourth-order valence-corrected chi connectivity index (χ4v) is 4.18. The minimum atomic E-state index is -0.332. The quantitative estimate of drug-likeness (QED) is 0.510. The van der Waals surface area contributed by atoms with Crippen LogP contribution in [-0.2, 0) is 17.6 Å². The number of nitrogens with zero attached hydrogens (tertiary/aromatic N) is 1. The van der Waals surface area contributed by atoms with E-state index in [2.05, 4.69) is 10.3 Å². The molecule has 31 heavy (non-hydrogen) atoms.